The van der Waals surface area contributed by atoms with Crippen LogP contribution in [0.3, 0.4) is 0 Å². The Morgan fingerprint density at radius 3 is 2.33 bits per heavy atom. The number of rotatable bonds is 2. The second-order valence-corrected chi connectivity index (χ2v) is 6.00. The monoisotopic (exact) mass is 248 g/mol. The Morgan fingerprint density at radius 1 is 1.33 bits per heavy atom. The number of amides is 1. The molecule has 0 aliphatic carbocycles. The van der Waals surface area contributed by atoms with E-state index in [1.54, 1.807) is 11.0 Å². The maximum absolute atomic E-state index is 12.5. The van der Waals surface area contributed by atoms with Crippen LogP contribution >= 0.6 is 0 Å². The zero-order valence-corrected chi connectivity index (χ0v) is 12.2. The average molecular weight is 248 g/mol. The van der Waals surface area contributed by atoms with E-state index in [2.05, 4.69) is 27.7 Å². The number of nitrogen functional groups attached to an aromatic ring is 1. The van der Waals surface area contributed by atoms with Gasteiger partial charge >= 0.3 is 0 Å². The molecule has 0 aliphatic rings. The number of benzene rings is 1. The lowest BCUT2D eigenvalue weighted by Crippen LogP contribution is -2.43. The van der Waals surface area contributed by atoms with Crippen molar-refractivity contribution in [2.24, 2.45) is 5.41 Å². The van der Waals surface area contributed by atoms with Crippen molar-refractivity contribution in [3.63, 3.8) is 0 Å². The molecular weight excluding hydrogens is 224 g/mol. The summed E-state index contributed by atoms with van der Waals surface area (Å²) in [6.07, 6.45) is 0. The lowest BCUT2D eigenvalue weighted by Gasteiger charge is -2.35. The Balaban J connectivity index is 3.08. The first-order chi connectivity index (χ1) is 8.16. The number of hydrogen-bond donors (Lipinski definition) is 1. The minimum Gasteiger partial charge on any atom is -0.398 e. The molecule has 2 N–H and O–H groups in total. The van der Waals surface area contributed by atoms with Gasteiger partial charge in [-0.15, -0.1) is 0 Å². The molecule has 0 spiro atoms. The van der Waals surface area contributed by atoms with E-state index in [-0.39, 0.29) is 17.4 Å². The molecule has 1 atom stereocenters. The molecule has 0 saturated heterocycles. The van der Waals surface area contributed by atoms with Gasteiger partial charge in [0, 0.05) is 18.8 Å². The van der Waals surface area contributed by atoms with E-state index in [0.717, 1.165) is 5.56 Å². The fourth-order valence-electron chi connectivity index (χ4n) is 1.92. The normalized spacial score (nSPS) is 13.2. The maximum Gasteiger partial charge on any atom is 0.256 e. The fourth-order valence-corrected chi connectivity index (χ4v) is 1.92. The third-order valence-electron chi connectivity index (χ3n) is 3.67. The lowest BCUT2D eigenvalue weighted by molar-refractivity contribution is 0.0629. The van der Waals surface area contributed by atoms with Gasteiger partial charge in [-0.2, -0.15) is 0 Å². The van der Waals surface area contributed by atoms with Crippen LogP contribution in [0.15, 0.2) is 18.2 Å². The van der Waals surface area contributed by atoms with Crippen LogP contribution in [0.4, 0.5) is 5.69 Å². The number of hydrogen-bond acceptors (Lipinski definition) is 2. The number of nitrogens with zero attached hydrogens (tertiary/aromatic N) is 1. The van der Waals surface area contributed by atoms with Gasteiger partial charge in [0.2, 0.25) is 0 Å². The highest BCUT2D eigenvalue weighted by atomic mass is 16.2. The number of aryl methyl sites for hydroxylation is 1. The van der Waals surface area contributed by atoms with Crippen molar-refractivity contribution >= 4 is 11.6 Å². The van der Waals surface area contributed by atoms with Crippen molar-refractivity contribution in [1.29, 1.82) is 0 Å². The van der Waals surface area contributed by atoms with E-state index in [4.69, 9.17) is 5.73 Å². The zero-order valence-electron chi connectivity index (χ0n) is 12.2. The second-order valence-electron chi connectivity index (χ2n) is 6.00. The first-order valence-corrected chi connectivity index (χ1v) is 6.28. The van der Waals surface area contributed by atoms with Gasteiger partial charge in [0.1, 0.15) is 0 Å². The van der Waals surface area contributed by atoms with Gasteiger partial charge < -0.3 is 10.6 Å². The summed E-state index contributed by atoms with van der Waals surface area (Å²) in [6.45, 7) is 10.4. The summed E-state index contributed by atoms with van der Waals surface area (Å²) < 4.78 is 0. The number of anilines is 1. The van der Waals surface area contributed by atoms with Gasteiger partial charge in [-0.3, -0.25) is 4.79 Å². The molecule has 18 heavy (non-hydrogen) atoms. The third-order valence-corrected chi connectivity index (χ3v) is 3.67. The molecule has 1 rings (SSSR count). The maximum atomic E-state index is 12.5. The summed E-state index contributed by atoms with van der Waals surface area (Å²) >= 11 is 0. The van der Waals surface area contributed by atoms with Gasteiger partial charge in [-0.05, 0) is 30.9 Å². The summed E-state index contributed by atoms with van der Waals surface area (Å²) in [6, 6.07) is 5.70. The highest BCUT2D eigenvalue weighted by molar-refractivity contribution is 6.00. The number of carbonyl (C=O) groups excluding carboxylic acids is 1. The van der Waals surface area contributed by atoms with Crippen LogP contribution in [0.2, 0.25) is 0 Å². The molecule has 0 heterocycles. The van der Waals surface area contributed by atoms with Gasteiger partial charge in [0.25, 0.3) is 5.91 Å². The zero-order chi connectivity index (χ0) is 14.1. The van der Waals surface area contributed by atoms with Gasteiger partial charge in [-0.25, -0.2) is 0 Å². The largest absolute Gasteiger partial charge is 0.398 e. The van der Waals surface area contributed by atoms with Crippen LogP contribution in [0, 0.1) is 12.3 Å². The molecule has 0 radical (unpaired) electrons. The van der Waals surface area contributed by atoms with Crippen molar-refractivity contribution in [1.82, 2.24) is 4.90 Å². The van der Waals surface area contributed by atoms with Crippen LogP contribution in [0.25, 0.3) is 0 Å². The Kier molecular flexibility index (Phi) is 4.05. The van der Waals surface area contributed by atoms with E-state index in [1.807, 2.05) is 26.1 Å². The smallest absolute Gasteiger partial charge is 0.256 e. The highest BCUT2D eigenvalue weighted by Gasteiger charge is 2.28. The highest BCUT2D eigenvalue weighted by Crippen LogP contribution is 2.26. The SMILES string of the molecule is Cc1cccc(N)c1C(=O)N(C)C(C)C(C)(C)C. The summed E-state index contributed by atoms with van der Waals surface area (Å²) in [4.78, 5) is 14.3. The Labute approximate surface area is 110 Å². The summed E-state index contributed by atoms with van der Waals surface area (Å²) in [5, 5.41) is 0. The summed E-state index contributed by atoms with van der Waals surface area (Å²) in [5.41, 5.74) is 8.06. The third kappa shape index (κ3) is 2.84. The molecule has 0 fully saturated rings. The molecule has 1 amide bonds. The molecule has 0 aromatic heterocycles. The minimum absolute atomic E-state index is 0.00646. The molecular formula is C15H24N2O. The number of nitrogens with two attached hydrogens (primary N) is 1. The van der Waals surface area contributed by atoms with Gasteiger partial charge in [0.15, 0.2) is 0 Å². The van der Waals surface area contributed by atoms with Crippen molar-refractivity contribution in [3.8, 4) is 0 Å². The van der Waals surface area contributed by atoms with Crippen LogP contribution < -0.4 is 5.73 Å². The van der Waals surface area contributed by atoms with Crippen LogP contribution in [0.1, 0.15) is 43.6 Å². The molecule has 1 aromatic carbocycles. The average Bonchev–Trinajstić information content (AvgIpc) is 2.25. The standard InChI is InChI=1S/C15H24N2O/c1-10-8-7-9-12(16)13(10)14(18)17(6)11(2)15(3,4)5/h7-9,11H,16H2,1-6H3. The first kappa shape index (κ1) is 14.6. The predicted octanol–water partition coefficient (Wildman–Crippen LogP) is 3.08. The van der Waals surface area contributed by atoms with E-state index in [1.165, 1.54) is 0 Å². The fraction of sp³-hybridized carbons (Fsp3) is 0.533. The first-order valence-electron chi connectivity index (χ1n) is 6.28. The van der Waals surface area contributed by atoms with Crippen molar-refractivity contribution in [2.45, 2.75) is 40.7 Å². The van der Waals surface area contributed by atoms with E-state index in [9.17, 15) is 4.79 Å². The lowest BCUT2D eigenvalue weighted by atomic mass is 9.86. The molecule has 0 bridgehead atoms. The Hall–Kier alpha value is -1.51. The molecule has 1 unspecified atom stereocenters. The van der Waals surface area contributed by atoms with Crippen molar-refractivity contribution in [3.05, 3.63) is 29.3 Å². The van der Waals surface area contributed by atoms with E-state index in [0.29, 0.717) is 11.3 Å². The molecule has 1 aromatic rings. The molecule has 0 aliphatic heterocycles. The van der Waals surface area contributed by atoms with Gasteiger partial charge in [-0.1, -0.05) is 32.9 Å². The number of carbonyl (C=O) groups is 1. The molecule has 0 saturated carbocycles. The van der Waals surface area contributed by atoms with Crippen molar-refractivity contribution in [2.75, 3.05) is 12.8 Å². The molecule has 100 valence electrons. The Bertz CT molecular complexity index is 426. The Morgan fingerprint density at radius 2 is 1.89 bits per heavy atom. The summed E-state index contributed by atoms with van der Waals surface area (Å²) in [5.74, 6) is -0.00646. The van der Waals surface area contributed by atoms with E-state index < -0.39 is 0 Å². The van der Waals surface area contributed by atoms with Crippen LogP contribution in [-0.4, -0.2) is 23.9 Å². The summed E-state index contributed by atoms with van der Waals surface area (Å²) in [7, 11) is 1.84. The molecule has 3 nitrogen and oxygen atoms in total. The predicted molar refractivity (Wildman–Crippen MR) is 76.6 cm³/mol. The van der Waals surface area contributed by atoms with Crippen molar-refractivity contribution < 1.29 is 4.79 Å². The topological polar surface area (TPSA) is 46.3 Å². The van der Waals surface area contributed by atoms with E-state index >= 15 is 0 Å². The van der Waals surface area contributed by atoms with Crippen LogP contribution in [-0.2, 0) is 0 Å². The molecule has 3 heteroatoms. The quantitative estimate of drug-likeness (QED) is 0.817. The van der Waals surface area contributed by atoms with Gasteiger partial charge in [0.05, 0.1) is 5.56 Å². The van der Waals surface area contributed by atoms with Crippen LogP contribution in [0.5, 0.6) is 0 Å². The minimum atomic E-state index is -0.00646. The second kappa shape index (κ2) is 5.01.